The first-order valence-corrected chi connectivity index (χ1v) is 10.2. The van der Waals surface area contributed by atoms with Crippen LogP contribution in [0.15, 0.2) is 55.0 Å². The molecular formula is C23H18ClFN4. The van der Waals surface area contributed by atoms with E-state index in [4.69, 9.17) is 11.6 Å². The minimum atomic E-state index is -0.276. The molecule has 144 valence electrons. The molecule has 1 aliphatic carbocycles. The van der Waals surface area contributed by atoms with Crippen LogP contribution in [0.1, 0.15) is 35.9 Å². The largest absolute Gasteiger partial charge is 0.369 e. The van der Waals surface area contributed by atoms with Crippen molar-refractivity contribution in [2.75, 3.05) is 11.9 Å². The van der Waals surface area contributed by atoms with Gasteiger partial charge < -0.3 is 5.32 Å². The number of aromatic nitrogens is 3. The molecule has 4 aromatic rings. The summed E-state index contributed by atoms with van der Waals surface area (Å²) in [6.07, 6.45) is 8.31. The number of hydrogen-bond donors (Lipinski definition) is 1. The maximum absolute atomic E-state index is 13.9. The highest BCUT2D eigenvalue weighted by atomic mass is 35.5. The van der Waals surface area contributed by atoms with Crippen molar-refractivity contribution < 1.29 is 4.39 Å². The van der Waals surface area contributed by atoms with Crippen molar-refractivity contribution in [3.8, 4) is 11.1 Å². The molecule has 2 aliphatic rings. The molecule has 1 saturated carbocycles. The fourth-order valence-corrected chi connectivity index (χ4v) is 4.63. The van der Waals surface area contributed by atoms with E-state index in [9.17, 15) is 4.39 Å². The van der Waals surface area contributed by atoms with Gasteiger partial charge in [0.2, 0.25) is 0 Å². The summed E-state index contributed by atoms with van der Waals surface area (Å²) in [5, 5.41) is 10.7. The van der Waals surface area contributed by atoms with Gasteiger partial charge in [-0.3, -0.25) is 4.68 Å². The lowest BCUT2D eigenvalue weighted by atomic mass is 9.84. The second-order valence-electron chi connectivity index (χ2n) is 7.82. The van der Waals surface area contributed by atoms with E-state index in [2.05, 4.69) is 38.4 Å². The molecule has 1 unspecified atom stereocenters. The van der Waals surface area contributed by atoms with Gasteiger partial charge in [-0.1, -0.05) is 23.7 Å². The van der Waals surface area contributed by atoms with Crippen molar-refractivity contribution in [3.63, 3.8) is 0 Å². The van der Waals surface area contributed by atoms with Gasteiger partial charge in [0, 0.05) is 40.8 Å². The van der Waals surface area contributed by atoms with Crippen molar-refractivity contribution in [1.29, 1.82) is 0 Å². The zero-order chi connectivity index (χ0) is 19.5. The van der Waals surface area contributed by atoms with Crippen molar-refractivity contribution in [1.82, 2.24) is 14.8 Å². The Labute approximate surface area is 172 Å². The molecule has 4 nitrogen and oxygen atoms in total. The average molecular weight is 405 g/mol. The third kappa shape index (κ3) is 2.72. The van der Waals surface area contributed by atoms with E-state index in [-0.39, 0.29) is 11.7 Å². The molecule has 0 spiro atoms. The van der Waals surface area contributed by atoms with Gasteiger partial charge >= 0.3 is 0 Å². The highest BCUT2D eigenvalue weighted by Crippen LogP contribution is 2.43. The summed E-state index contributed by atoms with van der Waals surface area (Å²) >= 11 is 6.44. The third-order valence-electron chi connectivity index (χ3n) is 5.98. The summed E-state index contributed by atoms with van der Waals surface area (Å²) in [6, 6.07) is 11.4. The van der Waals surface area contributed by atoms with Crippen molar-refractivity contribution in [2.24, 2.45) is 0 Å². The van der Waals surface area contributed by atoms with Crippen molar-refractivity contribution in [2.45, 2.75) is 24.8 Å². The van der Waals surface area contributed by atoms with Crippen LogP contribution in [0, 0.1) is 5.82 Å². The monoisotopic (exact) mass is 404 g/mol. The molecule has 0 bridgehead atoms. The molecule has 1 N–H and O–H groups in total. The number of anilines is 1. The van der Waals surface area contributed by atoms with Crippen LogP contribution in [0.3, 0.4) is 0 Å². The number of halogens is 2. The number of benzene rings is 2. The van der Waals surface area contributed by atoms with Gasteiger partial charge in [0.1, 0.15) is 11.6 Å². The SMILES string of the molecule is Fc1ccc(Cl)c(C2CNc3nccc4c(-c5cnn(C6CC6)c5)ccc2c34)c1. The molecule has 1 aliphatic heterocycles. The molecule has 1 fully saturated rings. The topological polar surface area (TPSA) is 42.7 Å². The molecule has 1 atom stereocenters. The molecule has 6 rings (SSSR count). The molecule has 2 aromatic heterocycles. The van der Waals surface area contributed by atoms with Crippen LogP contribution in [0.4, 0.5) is 10.2 Å². The smallest absolute Gasteiger partial charge is 0.134 e. The second kappa shape index (κ2) is 6.29. The highest BCUT2D eigenvalue weighted by Gasteiger charge is 2.28. The zero-order valence-electron chi connectivity index (χ0n) is 15.6. The Hall–Kier alpha value is -2.92. The third-order valence-corrected chi connectivity index (χ3v) is 6.32. The quantitative estimate of drug-likeness (QED) is 0.470. The number of pyridine rings is 1. The summed E-state index contributed by atoms with van der Waals surface area (Å²) in [4.78, 5) is 4.54. The number of hydrogen-bond acceptors (Lipinski definition) is 3. The van der Waals surface area contributed by atoms with Crippen molar-refractivity contribution >= 4 is 28.2 Å². The van der Waals surface area contributed by atoms with E-state index >= 15 is 0 Å². The molecule has 0 saturated heterocycles. The first kappa shape index (κ1) is 17.0. The van der Waals surface area contributed by atoms with E-state index in [1.165, 1.54) is 25.0 Å². The fraction of sp³-hybridized carbons (Fsp3) is 0.217. The normalized spacial score (nSPS) is 18.1. The Morgan fingerprint density at radius 3 is 2.86 bits per heavy atom. The lowest BCUT2D eigenvalue weighted by Crippen LogP contribution is -2.20. The summed E-state index contributed by atoms with van der Waals surface area (Å²) in [6.45, 7) is 0.626. The number of nitrogens with zero attached hydrogens (tertiary/aromatic N) is 3. The molecule has 0 radical (unpaired) electrons. The van der Waals surface area contributed by atoms with E-state index < -0.39 is 0 Å². The van der Waals surface area contributed by atoms with E-state index in [1.54, 1.807) is 6.07 Å². The Morgan fingerprint density at radius 2 is 2.00 bits per heavy atom. The molecular weight excluding hydrogens is 387 g/mol. The Bertz CT molecular complexity index is 1260. The first-order valence-electron chi connectivity index (χ1n) is 9.84. The summed E-state index contributed by atoms with van der Waals surface area (Å²) in [5.74, 6) is 0.542. The molecule has 29 heavy (non-hydrogen) atoms. The van der Waals surface area contributed by atoms with Crippen LogP contribution in [0.2, 0.25) is 5.02 Å². The second-order valence-corrected chi connectivity index (χ2v) is 8.23. The number of rotatable bonds is 3. The van der Waals surface area contributed by atoms with Crippen LogP contribution in [0.25, 0.3) is 21.9 Å². The van der Waals surface area contributed by atoms with Crippen LogP contribution < -0.4 is 5.32 Å². The Balaban J connectivity index is 1.54. The molecule has 2 aromatic carbocycles. The minimum absolute atomic E-state index is 0.0411. The fourth-order valence-electron chi connectivity index (χ4n) is 4.38. The van der Waals surface area contributed by atoms with Crippen LogP contribution >= 0.6 is 11.6 Å². The van der Waals surface area contributed by atoms with Crippen LogP contribution in [0.5, 0.6) is 0 Å². The van der Waals surface area contributed by atoms with Crippen LogP contribution in [-0.2, 0) is 0 Å². The maximum Gasteiger partial charge on any atom is 0.134 e. The highest BCUT2D eigenvalue weighted by molar-refractivity contribution is 6.31. The molecule has 6 heteroatoms. The van der Waals surface area contributed by atoms with Gasteiger partial charge in [-0.05, 0) is 59.2 Å². The standard InChI is InChI=1S/C23H18ClFN4/c24-21-6-1-14(25)9-19(21)20-11-27-23-22-17(20)5-4-16(18(22)7-8-26-23)13-10-28-29(12-13)15-2-3-15/h1,4-10,12,15,20H,2-3,11H2,(H,26,27). The summed E-state index contributed by atoms with van der Waals surface area (Å²) in [5.41, 5.74) is 4.15. The number of nitrogens with one attached hydrogen (secondary N) is 1. The van der Waals surface area contributed by atoms with E-state index in [1.807, 2.05) is 18.5 Å². The Kier molecular flexibility index (Phi) is 3.68. The van der Waals surface area contributed by atoms with E-state index in [0.29, 0.717) is 17.6 Å². The summed E-state index contributed by atoms with van der Waals surface area (Å²) in [7, 11) is 0. The van der Waals surface area contributed by atoms with Crippen molar-refractivity contribution in [3.05, 3.63) is 77.0 Å². The van der Waals surface area contributed by atoms with Gasteiger partial charge in [-0.25, -0.2) is 9.37 Å². The molecule has 0 amide bonds. The minimum Gasteiger partial charge on any atom is -0.369 e. The maximum atomic E-state index is 13.9. The summed E-state index contributed by atoms with van der Waals surface area (Å²) < 4.78 is 16.0. The average Bonchev–Trinajstić information content (AvgIpc) is 3.48. The molecule has 3 heterocycles. The van der Waals surface area contributed by atoms with E-state index in [0.717, 1.165) is 38.8 Å². The zero-order valence-corrected chi connectivity index (χ0v) is 16.3. The predicted octanol–water partition coefficient (Wildman–Crippen LogP) is 5.78. The van der Waals surface area contributed by atoms with Gasteiger partial charge in [0.25, 0.3) is 0 Å². The first-order chi connectivity index (χ1) is 14.2. The lowest BCUT2D eigenvalue weighted by molar-refractivity contribution is 0.623. The van der Waals surface area contributed by atoms with Gasteiger partial charge in [0.15, 0.2) is 0 Å². The lowest BCUT2D eigenvalue weighted by Gasteiger charge is -2.28. The van der Waals surface area contributed by atoms with Gasteiger partial charge in [-0.15, -0.1) is 0 Å². The predicted molar refractivity (Wildman–Crippen MR) is 113 cm³/mol. The van der Waals surface area contributed by atoms with Gasteiger partial charge in [0.05, 0.1) is 12.2 Å². The van der Waals surface area contributed by atoms with Crippen LogP contribution in [-0.4, -0.2) is 21.3 Å². The Morgan fingerprint density at radius 1 is 1.10 bits per heavy atom. The van der Waals surface area contributed by atoms with Gasteiger partial charge in [-0.2, -0.15) is 5.10 Å².